The molecule has 0 radical (unpaired) electrons. The fourth-order valence-corrected chi connectivity index (χ4v) is 2.21. The Kier molecular flexibility index (Phi) is 4.08. The molecule has 0 saturated carbocycles. The molecule has 0 atom stereocenters. The van der Waals surface area contributed by atoms with Crippen LogP contribution in [0.25, 0.3) is 0 Å². The molecule has 1 N–H and O–H groups in total. The standard InChI is InChI=1S/C12H20N2OS/c1-8-9(2)16-11(14-8)7-13-10(15)6-12(3,4)5/h6-7H2,1-5H3,(H,13,15). The lowest BCUT2D eigenvalue weighted by atomic mass is 9.92. The summed E-state index contributed by atoms with van der Waals surface area (Å²) < 4.78 is 0. The van der Waals surface area contributed by atoms with Crippen molar-refractivity contribution in [3.05, 3.63) is 15.6 Å². The van der Waals surface area contributed by atoms with Gasteiger partial charge in [0.15, 0.2) is 0 Å². The van der Waals surface area contributed by atoms with Crippen LogP contribution in [0.2, 0.25) is 0 Å². The van der Waals surface area contributed by atoms with E-state index < -0.39 is 0 Å². The lowest BCUT2D eigenvalue weighted by Gasteiger charge is -2.16. The summed E-state index contributed by atoms with van der Waals surface area (Å²) in [5.74, 6) is 0.0954. The Morgan fingerprint density at radius 1 is 1.38 bits per heavy atom. The van der Waals surface area contributed by atoms with E-state index in [4.69, 9.17) is 0 Å². The Hall–Kier alpha value is -0.900. The molecule has 4 heteroatoms. The summed E-state index contributed by atoms with van der Waals surface area (Å²) in [6.07, 6.45) is 0.552. The van der Waals surface area contributed by atoms with E-state index in [0.717, 1.165) is 10.7 Å². The third-order valence-electron chi connectivity index (χ3n) is 2.20. The van der Waals surface area contributed by atoms with Crippen molar-refractivity contribution < 1.29 is 4.79 Å². The smallest absolute Gasteiger partial charge is 0.220 e. The minimum absolute atomic E-state index is 0.0405. The minimum Gasteiger partial charge on any atom is -0.350 e. The van der Waals surface area contributed by atoms with Gasteiger partial charge in [-0.05, 0) is 19.3 Å². The molecule has 3 nitrogen and oxygen atoms in total. The predicted molar refractivity (Wildman–Crippen MR) is 67.5 cm³/mol. The summed E-state index contributed by atoms with van der Waals surface area (Å²) in [5, 5.41) is 3.89. The van der Waals surface area contributed by atoms with Crippen molar-refractivity contribution >= 4 is 17.2 Å². The van der Waals surface area contributed by atoms with Gasteiger partial charge in [0.1, 0.15) is 5.01 Å². The van der Waals surface area contributed by atoms with Crippen LogP contribution in [0.15, 0.2) is 0 Å². The van der Waals surface area contributed by atoms with Gasteiger partial charge in [-0.3, -0.25) is 4.79 Å². The van der Waals surface area contributed by atoms with Crippen LogP contribution in [0, 0.1) is 19.3 Å². The maximum atomic E-state index is 11.6. The average Bonchev–Trinajstić information content (AvgIpc) is 2.40. The molecule has 0 aliphatic heterocycles. The molecule has 0 saturated heterocycles. The van der Waals surface area contributed by atoms with Crippen LogP contribution in [-0.4, -0.2) is 10.9 Å². The van der Waals surface area contributed by atoms with Crippen LogP contribution in [-0.2, 0) is 11.3 Å². The van der Waals surface area contributed by atoms with E-state index >= 15 is 0 Å². The van der Waals surface area contributed by atoms with Crippen LogP contribution in [0.4, 0.5) is 0 Å². The van der Waals surface area contributed by atoms with Crippen molar-refractivity contribution in [3.8, 4) is 0 Å². The maximum Gasteiger partial charge on any atom is 0.220 e. The van der Waals surface area contributed by atoms with Gasteiger partial charge in [0.25, 0.3) is 0 Å². The Labute approximate surface area is 101 Å². The number of thiazole rings is 1. The van der Waals surface area contributed by atoms with Gasteiger partial charge in [-0.1, -0.05) is 20.8 Å². The van der Waals surface area contributed by atoms with Gasteiger partial charge in [-0.25, -0.2) is 4.98 Å². The van der Waals surface area contributed by atoms with E-state index in [2.05, 4.69) is 31.1 Å². The summed E-state index contributed by atoms with van der Waals surface area (Å²) in [5.41, 5.74) is 1.10. The highest BCUT2D eigenvalue weighted by atomic mass is 32.1. The molecule has 90 valence electrons. The number of aryl methyl sites for hydroxylation is 2. The number of rotatable bonds is 3. The lowest BCUT2D eigenvalue weighted by Crippen LogP contribution is -2.27. The van der Waals surface area contributed by atoms with E-state index in [9.17, 15) is 4.79 Å². The number of aromatic nitrogens is 1. The van der Waals surface area contributed by atoms with Crippen LogP contribution >= 0.6 is 11.3 Å². The molecule has 0 aliphatic carbocycles. The fraction of sp³-hybridized carbons (Fsp3) is 0.667. The van der Waals surface area contributed by atoms with Gasteiger partial charge in [-0.2, -0.15) is 0 Å². The van der Waals surface area contributed by atoms with Gasteiger partial charge in [-0.15, -0.1) is 11.3 Å². The van der Waals surface area contributed by atoms with Crippen molar-refractivity contribution in [3.63, 3.8) is 0 Å². The fourth-order valence-electron chi connectivity index (χ4n) is 1.33. The topological polar surface area (TPSA) is 42.0 Å². The number of carbonyl (C=O) groups excluding carboxylic acids is 1. The number of amides is 1. The monoisotopic (exact) mass is 240 g/mol. The van der Waals surface area contributed by atoms with Gasteiger partial charge < -0.3 is 5.32 Å². The molecule has 0 fully saturated rings. The quantitative estimate of drug-likeness (QED) is 0.882. The third-order valence-corrected chi connectivity index (χ3v) is 3.27. The molecule has 0 aliphatic rings. The summed E-state index contributed by atoms with van der Waals surface area (Å²) in [4.78, 5) is 17.2. The third kappa shape index (κ3) is 4.31. The second kappa shape index (κ2) is 4.95. The van der Waals surface area contributed by atoms with Crippen molar-refractivity contribution in [2.45, 2.75) is 47.6 Å². The second-order valence-electron chi connectivity index (χ2n) is 5.26. The lowest BCUT2D eigenvalue weighted by molar-refractivity contribution is -0.122. The van der Waals surface area contributed by atoms with Crippen LogP contribution in [0.5, 0.6) is 0 Å². The molecule has 0 bridgehead atoms. The molecule has 0 unspecified atom stereocenters. The van der Waals surface area contributed by atoms with Crippen molar-refractivity contribution in [1.29, 1.82) is 0 Å². The molecular formula is C12H20N2OS. The van der Waals surface area contributed by atoms with Crippen LogP contribution in [0.3, 0.4) is 0 Å². The van der Waals surface area contributed by atoms with Crippen molar-refractivity contribution in [1.82, 2.24) is 10.3 Å². The SMILES string of the molecule is Cc1nc(CNC(=O)CC(C)(C)C)sc1C. The Balaban J connectivity index is 2.43. The number of hydrogen-bond donors (Lipinski definition) is 1. The first-order valence-electron chi connectivity index (χ1n) is 5.47. The summed E-state index contributed by atoms with van der Waals surface area (Å²) >= 11 is 1.65. The number of nitrogens with one attached hydrogen (secondary N) is 1. The first-order valence-corrected chi connectivity index (χ1v) is 6.29. The first-order chi connectivity index (χ1) is 7.28. The molecule has 0 aromatic carbocycles. The molecule has 16 heavy (non-hydrogen) atoms. The van der Waals surface area contributed by atoms with E-state index in [1.54, 1.807) is 11.3 Å². The van der Waals surface area contributed by atoms with E-state index in [1.807, 2.05) is 13.8 Å². The Morgan fingerprint density at radius 2 is 2.00 bits per heavy atom. The van der Waals surface area contributed by atoms with E-state index in [-0.39, 0.29) is 11.3 Å². The highest BCUT2D eigenvalue weighted by Crippen LogP contribution is 2.19. The minimum atomic E-state index is 0.0405. The molecule has 0 spiro atoms. The zero-order valence-corrected chi connectivity index (χ0v) is 11.5. The van der Waals surface area contributed by atoms with Crippen LogP contribution in [0.1, 0.15) is 42.8 Å². The summed E-state index contributed by atoms with van der Waals surface area (Å²) in [6.45, 7) is 10.8. The first kappa shape index (κ1) is 13.2. The van der Waals surface area contributed by atoms with E-state index in [0.29, 0.717) is 13.0 Å². The van der Waals surface area contributed by atoms with Crippen molar-refractivity contribution in [2.75, 3.05) is 0 Å². The number of hydrogen-bond acceptors (Lipinski definition) is 3. The van der Waals surface area contributed by atoms with Gasteiger partial charge in [0, 0.05) is 11.3 Å². The Morgan fingerprint density at radius 3 is 2.44 bits per heavy atom. The Bertz CT molecular complexity index is 357. The van der Waals surface area contributed by atoms with Gasteiger partial charge >= 0.3 is 0 Å². The van der Waals surface area contributed by atoms with Crippen molar-refractivity contribution in [2.24, 2.45) is 5.41 Å². The largest absolute Gasteiger partial charge is 0.350 e. The molecular weight excluding hydrogens is 220 g/mol. The highest BCUT2D eigenvalue weighted by molar-refractivity contribution is 7.11. The molecule has 1 amide bonds. The normalized spacial score (nSPS) is 11.6. The highest BCUT2D eigenvalue weighted by Gasteiger charge is 2.15. The number of carbonyl (C=O) groups is 1. The summed E-state index contributed by atoms with van der Waals surface area (Å²) in [7, 11) is 0. The van der Waals surface area contributed by atoms with E-state index in [1.165, 1.54) is 4.88 Å². The molecule has 1 rings (SSSR count). The number of nitrogens with zero attached hydrogens (tertiary/aromatic N) is 1. The molecule has 1 aromatic heterocycles. The summed E-state index contributed by atoms with van der Waals surface area (Å²) in [6, 6.07) is 0. The second-order valence-corrected chi connectivity index (χ2v) is 6.55. The zero-order chi connectivity index (χ0) is 12.3. The van der Waals surface area contributed by atoms with Crippen LogP contribution < -0.4 is 5.32 Å². The van der Waals surface area contributed by atoms with Gasteiger partial charge in [0.05, 0.1) is 12.2 Å². The zero-order valence-electron chi connectivity index (χ0n) is 10.7. The van der Waals surface area contributed by atoms with Gasteiger partial charge in [0.2, 0.25) is 5.91 Å². The molecule has 1 heterocycles. The maximum absolute atomic E-state index is 11.6. The predicted octanol–water partition coefficient (Wildman–Crippen LogP) is 2.81. The molecule has 1 aromatic rings. The average molecular weight is 240 g/mol.